The average molecular weight is 179 g/mol. The summed E-state index contributed by atoms with van der Waals surface area (Å²) < 4.78 is 30.3. The van der Waals surface area contributed by atoms with Gasteiger partial charge in [0.05, 0.1) is 6.20 Å². The van der Waals surface area contributed by atoms with E-state index in [9.17, 15) is 13.0 Å². The molecular formula is C3H3N2O3S2-. The molecule has 0 saturated carbocycles. The molecule has 0 fully saturated rings. The molecule has 0 unspecified atom stereocenters. The first-order chi connectivity index (χ1) is 4.50. The van der Waals surface area contributed by atoms with Crippen molar-refractivity contribution in [3.8, 4) is 0 Å². The molecule has 1 rings (SSSR count). The number of nitrogens with two attached hydrogens (primary N) is 1. The molecule has 10 heavy (non-hydrogen) atoms. The fraction of sp³-hybridized carbons (Fsp3) is 0. The fourth-order valence-corrected chi connectivity index (χ4v) is 1.65. The number of aromatic nitrogens is 1. The second kappa shape index (κ2) is 2.19. The molecule has 2 N–H and O–H groups in total. The summed E-state index contributed by atoms with van der Waals surface area (Å²) in [6, 6.07) is 0. The van der Waals surface area contributed by atoms with Gasteiger partial charge in [0.2, 0.25) is 0 Å². The minimum atomic E-state index is -4.36. The summed E-state index contributed by atoms with van der Waals surface area (Å²) in [4.78, 5) is 3.40. The van der Waals surface area contributed by atoms with Crippen LogP contribution < -0.4 is 5.73 Å². The minimum Gasteiger partial charge on any atom is -0.743 e. The van der Waals surface area contributed by atoms with Crippen LogP contribution in [-0.4, -0.2) is 18.0 Å². The van der Waals surface area contributed by atoms with E-state index in [1.807, 2.05) is 0 Å². The van der Waals surface area contributed by atoms with Gasteiger partial charge >= 0.3 is 0 Å². The van der Waals surface area contributed by atoms with Crippen LogP contribution in [0.4, 0.5) is 5.13 Å². The van der Waals surface area contributed by atoms with E-state index in [1.165, 1.54) is 0 Å². The standard InChI is InChI=1S/C3H4N2O3S2/c4-3-5-1-2(9-3)10(6,7)8/h1H,(H2,4,5)(H,6,7,8)/p-1. The second-order valence-electron chi connectivity index (χ2n) is 1.47. The number of nitrogen functional groups attached to an aromatic ring is 1. The summed E-state index contributed by atoms with van der Waals surface area (Å²) >= 11 is 0.661. The zero-order chi connectivity index (χ0) is 7.78. The second-order valence-corrected chi connectivity index (χ2v) is 4.14. The highest BCUT2D eigenvalue weighted by Gasteiger charge is 2.03. The Labute approximate surface area is 61.3 Å². The summed E-state index contributed by atoms with van der Waals surface area (Å²) in [6.07, 6.45) is 0.947. The van der Waals surface area contributed by atoms with Gasteiger partial charge in [-0.15, -0.1) is 0 Å². The van der Waals surface area contributed by atoms with Gasteiger partial charge in [-0.05, 0) is 0 Å². The van der Waals surface area contributed by atoms with Gasteiger partial charge < -0.3 is 10.3 Å². The van der Waals surface area contributed by atoms with Crippen LogP contribution in [0.3, 0.4) is 0 Å². The molecule has 5 nitrogen and oxygen atoms in total. The molecule has 0 saturated heterocycles. The molecule has 0 aliphatic carbocycles. The fourth-order valence-electron chi connectivity index (χ4n) is 0.388. The molecule has 0 aliphatic heterocycles. The molecule has 0 atom stereocenters. The largest absolute Gasteiger partial charge is 0.743 e. The van der Waals surface area contributed by atoms with Crippen molar-refractivity contribution in [2.75, 3.05) is 5.73 Å². The van der Waals surface area contributed by atoms with Crippen molar-refractivity contribution in [1.29, 1.82) is 0 Å². The first kappa shape index (κ1) is 7.45. The Balaban J connectivity index is 3.21. The van der Waals surface area contributed by atoms with Gasteiger partial charge in [0.1, 0.15) is 14.3 Å². The molecule has 0 aromatic carbocycles. The van der Waals surface area contributed by atoms with Crippen molar-refractivity contribution in [3.05, 3.63) is 6.20 Å². The van der Waals surface area contributed by atoms with Gasteiger partial charge in [0.25, 0.3) is 0 Å². The maximum atomic E-state index is 10.2. The zero-order valence-electron chi connectivity index (χ0n) is 4.64. The van der Waals surface area contributed by atoms with Gasteiger partial charge in [-0.1, -0.05) is 11.3 Å². The van der Waals surface area contributed by atoms with Crippen LogP contribution in [0, 0.1) is 0 Å². The maximum absolute atomic E-state index is 10.2. The van der Waals surface area contributed by atoms with Crippen LogP contribution in [0.15, 0.2) is 10.4 Å². The van der Waals surface area contributed by atoms with Crippen LogP contribution in [0.1, 0.15) is 0 Å². The first-order valence-corrected chi connectivity index (χ1v) is 4.40. The first-order valence-electron chi connectivity index (χ1n) is 2.17. The number of hydrogen-bond acceptors (Lipinski definition) is 6. The molecule has 1 heterocycles. The molecule has 56 valence electrons. The van der Waals surface area contributed by atoms with Gasteiger partial charge in [-0.25, -0.2) is 13.4 Å². The van der Waals surface area contributed by atoms with E-state index in [0.29, 0.717) is 11.3 Å². The average Bonchev–Trinajstić information content (AvgIpc) is 2.11. The number of rotatable bonds is 1. The summed E-state index contributed by atoms with van der Waals surface area (Å²) in [5.41, 5.74) is 5.08. The maximum Gasteiger partial charge on any atom is 0.181 e. The summed E-state index contributed by atoms with van der Waals surface area (Å²) in [5.74, 6) is 0. The van der Waals surface area contributed by atoms with Crippen LogP contribution in [-0.2, 0) is 10.1 Å². The number of nitrogens with zero attached hydrogens (tertiary/aromatic N) is 1. The summed E-state index contributed by atoms with van der Waals surface area (Å²) in [6.45, 7) is 0. The van der Waals surface area contributed by atoms with Crippen molar-refractivity contribution >= 4 is 26.6 Å². The van der Waals surface area contributed by atoms with Gasteiger partial charge in [0.15, 0.2) is 5.13 Å². The third-order valence-corrected chi connectivity index (χ3v) is 2.83. The van der Waals surface area contributed by atoms with Crippen LogP contribution in [0.25, 0.3) is 0 Å². The normalized spacial score (nSPS) is 11.7. The topological polar surface area (TPSA) is 96.1 Å². The third kappa shape index (κ3) is 1.43. The Morgan fingerprint density at radius 3 is 2.50 bits per heavy atom. The van der Waals surface area contributed by atoms with Crippen molar-refractivity contribution in [2.24, 2.45) is 0 Å². The molecule has 1 aromatic rings. The number of hydrogen-bond donors (Lipinski definition) is 1. The van der Waals surface area contributed by atoms with E-state index in [4.69, 9.17) is 5.73 Å². The third-order valence-electron chi connectivity index (χ3n) is 0.749. The molecule has 0 spiro atoms. The van der Waals surface area contributed by atoms with Crippen molar-refractivity contribution < 1.29 is 13.0 Å². The molecule has 0 radical (unpaired) electrons. The zero-order valence-corrected chi connectivity index (χ0v) is 6.28. The Kier molecular flexibility index (Phi) is 1.63. The molecule has 0 amide bonds. The van der Waals surface area contributed by atoms with Crippen LogP contribution in [0.5, 0.6) is 0 Å². The SMILES string of the molecule is Nc1ncc(S(=O)(=O)[O-])s1. The molecular weight excluding hydrogens is 176 g/mol. The Morgan fingerprint density at radius 1 is 1.70 bits per heavy atom. The highest BCUT2D eigenvalue weighted by atomic mass is 32.3. The lowest BCUT2D eigenvalue weighted by molar-refractivity contribution is 0.465. The lowest BCUT2D eigenvalue weighted by Crippen LogP contribution is -1.93. The Hall–Kier alpha value is -0.660. The quantitative estimate of drug-likeness (QED) is 0.593. The van der Waals surface area contributed by atoms with E-state index >= 15 is 0 Å². The van der Waals surface area contributed by atoms with Crippen molar-refractivity contribution in [2.45, 2.75) is 4.21 Å². The van der Waals surface area contributed by atoms with E-state index in [1.54, 1.807) is 0 Å². The molecule has 0 aliphatic rings. The van der Waals surface area contributed by atoms with E-state index in [0.717, 1.165) is 6.20 Å². The monoisotopic (exact) mass is 179 g/mol. The molecule has 7 heteroatoms. The van der Waals surface area contributed by atoms with Gasteiger partial charge in [-0.3, -0.25) is 0 Å². The van der Waals surface area contributed by atoms with Crippen LogP contribution >= 0.6 is 11.3 Å². The summed E-state index contributed by atoms with van der Waals surface area (Å²) in [5, 5.41) is 0.0782. The van der Waals surface area contributed by atoms with Crippen molar-refractivity contribution in [3.63, 3.8) is 0 Å². The summed E-state index contributed by atoms with van der Waals surface area (Å²) in [7, 11) is -4.36. The van der Waals surface area contributed by atoms with Gasteiger partial charge in [-0.2, -0.15) is 0 Å². The predicted octanol–water partition coefficient (Wildman–Crippen LogP) is -0.371. The van der Waals surface area contributed by atoms with Gasteiger partial charge in [0, 0.05) is 0 Å². The van der Waals surface area contributed by atoms with E-state index < -0.39 is 10.1 Å². The number of anilines is 1. The smallest absolute Gasteiger partial charge is 0.181 e. The lowest BCUT2D eigenvalue weighted by Gasteiger charge is -1.99. The minimum absolute atomic E-state index is 0.0782. The number of thiazole rings is 1. The van der Waals surface area contributed by atoms with E-state index in [2.05, 4.69) is 4.98 Å². The van der Waals surface area contributed by atoms with E-state index in [-0.39, 0.29) is 9.34 Å². The molecule has 0 bridgehead atoms. The lowest BCUT2D eigenvalue weighted by atomic mass is 11.0. The Bertz CT molecular complexity index is 327. The predicted molar refractivity (Wildman–Crippen MR) is 34.5 cm³/mol. The molecule has 1 aromatic heterocycles. The highest BCUT2D eigenvalue weighted by molar-refractivity contribution is 7.88. The van der Waals surface area contributed by atoms with Crippen molar-refractivity contribution in [1.82, 2.24) is 4.98 Å². The highest BCUT2D eigenvalue weighted by Crippen LogP contribution is 2.18. The Morgan fingerprint density at radius 2 is 2.30 bits per heavy atom. The van der Waals surface area contributed by atoms with Crippen LogP contribution in [0.2, 0.25) is 0 Å².